The molecule has 0 saturated heterocycles. The number of carbonyl (C=O) groups is 1. The number of nitrogens with zero attached hydrogens (tertiary/aromatic N) is 3. The molecule has 0 aliphatic rings. The largest absolute Gasteiger partial charge is 0.355 e. The number of nitrogens with one attached hydrogen (secondary N) is 1. The molecule has 0 aliphatic heterocycles. The van der Waals surface area contributed by atoms with Crippen molar-refractivity contribution in [1.82, 2.24) is 15.3 Å². The summed E-state index contributed by atoms with van der Waals surface area (Å²) in [4.78, 5) is 21.4. The first-order valence-electron chi connectivity index (χ1n) is 5.05. The number of anilines is 1. The Labute approximate surface area is 89.5 Å². The Balaban J connectivity index is 2.61. The Hall–Kier alpha value is -1.65. The molecule has 0 fully saturated rings. The van der Waals surface area contributed by atoms with Gasteiger partial charge in [0.1, 0.15) is 5.82 Å². The zero-order chi connectivity index (χ0) is 11.1. The van der Waals surface area contributed by atoms with Gasteiger partial charge in [-0.15, -0.1) is 0 Å². The molecule has 0 aliphatic carbocycles. The van der Waals surface area contributed by atoms with Crippen LogP contribution in [0.2, 0.25) is 0 Å². The second kappa shape index (κ2) is 5.95. The minimum absolute atomic E-state index is 0.00463. The molecule has 0 atom stereocenters. The molecule has 5 heteroatoms. The molecule has 0 saturated carbocycles. The Morgan fingerprint density at radius 3 is 2.80 bits per heavy atom. The highest BCUT2D eigenvalue weighted by molar-refractivity contribution is 5.80. The van der Waals surface area contributed by atoms with Crippen LogP contribution in [0.3, 0.4) is 0 Å². The number of likely N-dealkylation sites (N-methyl/N-ethyl adjacent to an activating group) is 2. The van der Waals surface area contributed by atoms with Gasteiger partial charge in [0.15, 0.2) is 0 Å². The maximum absolute atomic E-state index is 11.4. The smallest absolute Gasteiger partial charge is 0.239 e. The topological polar surface area (TPSA) is 58.1 Å². The van der Waals surface area contributed by atoms with Gasteiger partial charge in [-0.05, 0) is 13.8 Å². The van der Waals surface area contributed by atoms with Gasteiger partial charge in [-0.2, -0.15) is 0 Å². The fourth-order valence-electron chi connectivity index (χ4n) is 1.24. The summed E-state index contributed by atoms with van der Waals surface area (Å²) in [6.45, 7) is 5.58. The van der Waals surface area contributed by atoms with Crippen molar-refractivity contribution >= 4 is 11.7 Å². The van der Waals surface area contributed by atoms with Crippen LogP contribution < -0.4 is 10.2 Å². The quantitative estimate of drug-likeness (QED) is 0.762. The van der Waals surface area contributed by atoms with Crippen molar-refractivity contribution in [2.45, 2.75) is 13.8 Å². The lowest BCUT2D eigenvalue weighted by atomic mass is 10.4. The van der Waals surface area contributed by atoms with Gasteiger partial charge >= 0.3 is 0 Å². The predicted molar refractivity (Wildman–Crippen MR) is 58.6 cm³/mol. The fraction of sp³-hybridized carbons (Fsp3) is 0.500. The molecule has 0 radical (unpaired) electrons. The first-order chi connectivity index (χ1) is 7.27. The maximum atomic E-state index is 11.4. The summed E-state index contributed by atoms with van der Waals surface area (Å²) in [5.74, 6) is 0.733. The number of amides is 1. The molecule has 0 spiro atoms. The average Bonchev–Trinajstić information content (AvgIpc) is 2.27. The number of aromatic nitrogens is 2. The lowest BCUT2D eigenvalue weighted by Gasteiger charge is -2.20. The first-order valence-corrected chi connectivity index (χ1v) is 5.05. The average molecular weight is 208 g/mol. The number of hydrogen-bond acceptors (Lipinski definition) is 4. The van der Waals surface area contributed by atoms with Crippen molar-refractivity contribution in [3.63, 3.8) is 0 Å². The molecule has 82 valence electrons. The lowest BCUT2D eigenvalue weighted by Crippen LogP contribution is -2.37. The van der Waals surface area contributed by atoms with E-state index in [1.807, 2.05) is 18.7 Å². The van der Waals surface area contributed by atoms with Crippen molar-refractivity contribution in [2.24, 2.45) is 0 Å². The van der Waals surface area contributed by atoms with Crippen LogP contribution >= 0.6 is 0 Å². The molecule has 1 amide bonds. The van der Waals surface area contributed by atoms with Crippen molar-refractivity contribution < 1.29 is 4.79 Å². The van der Waals surface area contributed by atoms with E-state index >= 15 is 0 Å². The minimum Gasteiger partial charge on any atom is -0.355 e. The van der Waals surface area contributed by atoms with Gasteiger partial charge in [0, 0.05) is 25.5 Å². The molecule has 1 aromatic heterocycles. The Morgan fingerprint density at radius 2 is 2.27 bits per heavy atom. The van der Waals surface area contributed by atoms with Gasteiger partial charge < -0.3 is 10.2 Å². The predicted octanol–water partition coefficient (Wildman–Crippen LogP) is 0.439. The fourth-order valence-corrected chi connectivity index (χ4v) is 1.24. The molecule has 0 unspecified atom stereocenters. The van der Waals surface area contributed by atoms with Crippen LogP contribution in [-0.2, 0) is 4.79 Å². The van der Waals surface area contributed by atoms with Crippen LogP contribution in [0.15, 0.2) is 18.6 Å². The van der Waals surface area contributed by atoms with E-state index in [2.05, 4.69) is 15.3 Å². The summed E-state index contributed by atoms with van der Waals surface area (Å²) in [6.07, 6.45) is 4.89. The monoisotopic (exact) mass is 208 g/mol. The van der Waals surface area contributed by atoms with Crippen molar-refractivity contribution in [3.05, 3.63) is 18.6 Å². The zero-order valence-electron chi connectivity index (χ0n) is 9.10. The molecule has 1 aromatic rings. The van der Waals surface area contributed by atoms with E-state index in [0.717, 1.165) is 12.4 Å². The second-order valence-corrected chi connectivity index (χ2v) is 3.03. The molecular weight excluding hydrogens is 192 g/mol. The number of carbonyl (C=O) groups excluding carboxylic acids is 1. The van der Waals surface area contributed by atoms with Gasteiger partial charge in [-0.1, -0.05) is 0 Å². The Morgan fingerprint density at radius 1 is 1.47 bits per heavy atom. The number of rotatable bonds is 5. The van der Waals surface area contributed by atoms with Crippen LogP contribution in [0.25, 0.3) is 0 Å². The van der Waals surface area contributed by atoms with Crippen LogP contribution in [0.4, 0.5) is 5.82 Å². The summed E-state index contributed by atoms with van der Waals surface area (Å²) >= 11 is 0. The summed E-state index contributed by atoms with van der Waals surface area (Å²) in [5.41, 5.74) is 0. The van der Waals surface area contributed by atoms with Gasteiger partial charge in [-0.3, -0.25) is 9.78 Å². The lowest BCUT2D eigenvalue weighted by molar-refractivity contribution is -0.119. The third-order valence-electron chi connectivity index (χ3n) is 1.96. The molecular formula is C10H16N4O. The van der Waals surface area contributed by atoms with Gasteiger partial charge in [0.25, 0.3) is 0 Å². The van der Waals surface area contributed by atoms with Crippen LogP contribution in [-0.4, -0.2) is 35.5 Å². The molecule has 0 aromatic carbocycles. The Bertz CT molecular complexity index is 302. The SMILES string of the molecule is CCNC(=O)CN(CC)c1cnccn1. The minimum atomic E-state index is 0.00463. The second-order valence-electron chi connectivity index (χ2n) is 3.03. The summed E-state index contributed by atoms with van der Waals surface area (Å²) in [6, 6.07) is 0. The van der Waals surface area contributed by atoms with E-state index in [-0.39, 0.29) is 5.91 Å². The summed E-state index contributed by atoms with van der Waals surface area (Å²) < 4.78 is 0. The van der Waals surface area contributed by atoms with Crippen LogP contribution in [0, 0.1) is 0 Å². The summed E-state index contributed by atoms with van der Waals surface area (Å²) in [7, 11) is 0. The highest BCUT2D eigenvalue weighted by atomic mass is 16.2. The van der Waals surface area contributed by atoms with Gasteiger partial charge in [0.2, 0.25) is 5.91 Å². The third kappa shape index (κ3) is 3.53. The summed E-state index contributed by atoms with van der Waals surface area (Å²) in [5, 5.41) is 2.75. The normalized spacial score (nSPS) is 9.73. The van der Waals surface area contributed by atoms with Gasteiger partial charge in [0.05, 0.1) is 12.7 Å². The highest BCUT2D eigenvalue weighted by Gasteiger charge is 2.09. The van der Waals surface area contributed by atoms with Crippen molar-refractivity contribution in [3.8, 4) is 0 Å². The molecule has 1 heterocycles. The maximum Gasteiger partial charge on any atom is 0.239 e. The van der Waals surface area contributed by atoms with Crippen molar-refractivity contribution in [1.29, 1.82) is 0 Å². The van der Waals surface area contributed by atoms with E-state index in [9.17, 15) is 4.79 Å². The van der Waals surface area contributed by atoms with E-state index in [4.69, 9.17) is 0 Å². The zero-order valence-corrected chi connectivity index (χ0v) is 9.10. The molecule has 0 bridgehead atoms. The van der Waals surface area contributed by atoms with E-state index < -0.39 is 0 Å². The number of hydrogen-bond donors (Lipinski definition) is 1. The third-order valence-corrected chi connectivity index (χ3v) is 1.96. The van der Waals surface area contributed by atoms with Crippen LogP contribution in [0.1, 0.15) is 13.8 Å². The van der Waals surface area contributed by atoms with Crippen molar-refractivity contribution in [2.75, 3.05) is 24.5 Å². The van der Waals surface area contributed by atoms with E-state index in [1.54, 1.807) is 18.6 Å². The van der Waals surface area contributed by atoms with Gasteiger partial charge in [-0.25, -0.2) is 4.98 Å². The van der Waals surface area contributed by atoms with E-state index in [0.29, 0.717) is 13.1 Å². The highest BCUT2D eigenvalue weighted by Crippen LogP contribution is 2.05. The molecule has 15 heavy (non-hydrogen) atoms. The standard InChI is InChI=1S/C10H16N4O/c1-3-12-10(15)8-14(4-2)9-7-11-5-6-13-9/h5-7H,3-4,8H2,1-2H3,(H,12,15). The first kappa shape index (κ1) is 11.4. The van der Waals surface area contributed by atoms with Crippen LogP contribution in [0.5, 0.6) is 0 Å². The Kier molecular flexibility index (Phi) is 4.53. The molecule has 5 nitrogen and oxygen atoms in total. The molecule has 1 N–H and O–H groups in total. The molecule has 1 rings (SSSR count). The van der Waals surface area contributed by atoms with E-state index in [1.165, 1.54) is 0 Å².